The maximum absolute atomic E-state index is 12.9. The van der Waals surface area contributed by atoms with Gasteiger partial charge in [-0.05, 0) is 42.5 Å². The normalized spacial score (nSPS) is 24.1. The maximum atomic E-state index is 12.9. The minimum absolute atomic E-state index is 0.00779. The van der Waals surface area contributed by atoms with E-state index in [9.17, 15) is 9.50 Å². The van der Waals surface area contributed by atoms with E-state index in [1.54, 1.807) is 6.07 Å². The summed E-state index contributed by atoms with van der Waals surface area (Å²) in [7, 11) is 0. The fourth-order valence-corrected chi connectivity index (χ4v) is 1.82. The van der Waals surface area contributed by atoms with Crippen LogP contribution in [0.3, 0.4) is 0 Å². The lowest BCUT2D eigenvalue weighted by Gasteiger charge is -2.05. The van der Waals surface area contributed by atoms with Crippen LogP contribution in [0.1, 0.15) is 18.9 Å². The van der Waals surface area contributed by atoms with Gasteiger partial charge in [0.05, 0.1) is 0 Å². The molecule has 1 aliphatic rings. The summed E-state index contributed by atoms with van der Waals surface area (Å²) >= 11 is 0. The Morgan fingerprint density at radius 2 is 2.20 bits per heavy atom. The molecule has 1 aromatic rings. The van der Waals surface area contributed by atoms with Gasteiger partial charge in [0, 0.05) is 12.6 Å². The molecule has 0 aromatic heterocycles. The van der Waals surface area contributed by atoms with E-state index in [4.69, 9.17) is 0 Å². The van der Waals surface area contributed by atoms with Crippen molar-refractivity contribution in [1.82, 2.24) is 5.32 Å². The van der Waals surface area contributed by atoms with Crippen LogP contribution >= 0.6 is 0 Å². The summed E-state index contributed by atoms with van der Waals surface area (Å²) in [5.41, 5.74) is 0.792. The molecular weight excluding hydrogens is 193 g/mol. The van der Waals surface area contributed by atoms with Gasteiger partial charge in [0.2, 0.25) is 0 Å². The van der Waals surface area contributed by atoms with Crippen LogP contribution in [0.25, 0.3) is 0 Å². The Bertz CT molecular complexity index is 333. The second-order valence-electron chi connectivity index (χ2n) is 4.42. The Kier molecular flexibility index (Phi) is 2.91. The maximum Gasteiger partial charge on any atom is 0.127 e. The summed E-state index contributed by atoms with van der Waals surface area (Å²) in [5.74, 6) is 1.23. The molecule has 2 atom stereocenters. The molecule has 1 aliphatic carbocycles. The van der Waals surface area contributed by atoms with Crippen LogP contribution in [0, 0.1) is 17.7 Å². The zero-order chi connectivity index (χ0) is 10.8. The number of halogens is 1. The Hall–Kier alpha value is -1.09. The first kappa shape index (κ1) is 10.4. The van der Waals surface area contributed by atoms with E-state index >= 15 is 0 Å². The fourth-order valence-electron chi connectivity index (χ4n) is 1.82. The molecule has 2 rings (SSSR count). The molecule has 0 spiro atoms. The molecule has 15 heavy (non-hydrogen) atoms. The van der Waals surface area contributed by atoms with Gasteiger partial charge >= 0.3 is 0 Å². The van der Waals surface area contributed by atoms with Crippen molar-refractivity contribution in [3.8, 4) is 5.75 Å². The van der Waals surface area contributed by atoms with Crippen molar-refractivity contribution in [2.24, 2.45) is 11.8 Å². The molecule has 2 unspecified atom stereocenters. The van der Waals surface area contributed by atoms with Crippen molar-refractivity contribution >= 4 is 0 Å². The topological polar surface area (TPSA) is 32.3 Å². The first-order valence-corrected chi connectivity index (χ1v) is 5.34. The Morgan fingerprint density at radius 3 is 2.80 bits per heavy atom. The average Bonchev–Trinajstić information content (AvgIpc) is 2.80. The summed E-state index contributed by atoms with van der Waals surface area (Å²) in [4.78, 5) is 0. The summed E-state index contributed by atoms with van der Waals surface area (Å²) in [6, 6.07) is 4.15. The van der Waals surface area contributed by atoms with Gasteiger partial charge in [-0.1, -0.05) is 6.92 Å². The first-order valence-electron chi connectivity index (χ1n) is 5.34. The van der Waals surface area contributed by atoms with Gasteiger partial charge in [-0.25, -0.2) is 4.39 Å². The lowest BCUT2D eigenvalue weighted by Crippen LogP contribution is -2.16. The SMILES string of the molecule is CC1CC1CNCc1cc(O)cc(F)c1. The van der Waals surface area contributed by atoms with Gasteiger partial charge in [0.1, 0.15) is 11.6 Å². The number of hydrogen-bond donors (Lipinski definition) is 2. The third kappa shape index (κ3) is 2.93. The van der Waals surface area contributed by atoms with Crippen LogP contribution in [0.2, 0.25) is 0 Å². The number of hydrogen-bond acceptors (Lipinski definition) is 2. The van der Waals surface area contributed by atoms with Gasteiger partial charge in [-0.3, -0.25) is 0 Å². The molecule has 82 valence electrons. The smallest absolute Gasteiger partial charge is 0.127 e. The predicted octanol–water partition coefficient (Wildman–Crippen LogP) is 2.28. The quantitative estimate of drug-likeness (QED) is 0.797. The molecule has 2 nitrogen and oxygen atoms in total. The molecule has 3 heteroatoms. The van der Waals surface area contributed by atoms with Crippen LogP contribution < -0.4 is 5.32 Å². The molecular formula is C12H16FNO. The fraction of sp³-hybridized carbons (Fsp3) is 0.500. The van der Waals surface area contributed by atoms with Crippen molar-refractivity contribution in [2.45, 2.75) is 19.9 Å². The Labute approximate surface area is 89.1 Å². The van der Waals surface area contributed by atoms with E-state index in [0.29, 0.717) is 6.54 Å². The molecule has 0 aliphatic heterocycles. The second kappa shape index (κ2) is 4.19. The highest BCUT2D eigenvalue weighted by Crippen LogP contribution is 2.36. The highest BCUT2D eigenvalue weighted by atomic mass is 19.1. The van der Waals surface area contributed by atoms with E-state index < -0.39 is 0 Å². The zero-order valence-electron chi connectivity index (χ0n) is 8.83. The third-order valence-corrected chi connectivity index (χ3v) is 2.95. The van der Waals surface area contributed by atoms with Gasteiger partial charge < -0.3 is 10.4 Å². The van der Waals surface area contributed by atoms with E-state index in [1.165, 1.54) is 12.5 Å². The van der Waals surface area contributed by atoms with E-state index in [1.807, 2.05) is 0 Å². The highest BCUT2D eigenvalue weighted by Gasteiger charge is 2.31. The second-order valence-corrected chi connectivity index (χ2v) is 4.42. The first-order chi connectivity index (χ1) is 7.15. The average molecular weight is 209 g/mol. The minimum Gasteiger partial charge on any atom is -0.508 e. The number of benzene rings is 1. The molecule has 0 saturated heterocycles. The van der Waals surface area contributed by atoms with Crippen molar-refractivity contribution < 1.29 is 9.50 Å². The summed E-state index contributed by atoms with van der Waals surface area (Å²) < 4.78 is 12.9. The van der Waals surface area contributed by atoms with Crippen LogP contribution in [0.5, 0.6) is 5.75 Å². The molecule has 1 saturated carbocycles. The van der Waals surface area contributed by atoms with Crippen LogP contribution in [-0.4, -0.2) is 11.7 Å². The highest BCUT2D eigenvalue weighted by molar-refractivity contribution is 5.28. The molecule has 0 radical (unpaired) electrons. The number of phenols is 1. The van der Waals surface area contributed by atoms with Crippen LogP contribution in [0.4, 0.5) is 4.39 Å². The van der Waals surface area contributed by atoms with Gasteiger partial charge in [0.25, 0.3) is 0 Å². The number of aromatic hydroxyl groups is 1. The van der Waals surface area contributed by atoms with Crippen molar-refractivity contribution in [1.29, 1.82) is 0 Å². The van der Waals surface area contributed by atoms with E-state index in [-0.39, 0.29) is 11.6 Å². The molecule has 1 fully saturated rings. The standard InChI is InChI=1S/C12H16FNO/c1-8-2-10(8)7-14-6-9-3-11(13)5-12(15)4-9/h3-5,8,10,14-15H,2,6-7H2,1H3. The van der Waals surface area contributed by atoms with E-state index in [0.717, 1.165) is 30.0 Å². The van der Waals surface area contributed by atoms with Crippen LogP contribution in [0.15, 0.2) is 18.2 Å². The molecule has 2 N–H and O–H groups in total. The number of nitrogens with one attached hydrogen (secondary N) is 1. The number of rotatable bonds is 4. The lowest BCUT2D eigenvalue weighted by molar-refractivity contribution is 0.467. The summed E-state index contributed by atoms with van der Waals surface area (Å²) in [6.07, 6.45) is 1.29. The monoisotopic (exact) mass is 209 g/mol. The molecule has 0 bridgehead atoms. The van der Waals surface area contributed by atoms with Crippen molar-refractivity contribution in [2.75, 3.05) is 6.54 Å². The lowest BCUT2D eigenvalue weighted by atomic mass is 10.2. The van der Waals surface area contributed by atoms with Gasteiger partial charge in [-0.2, -0.15) is 0 Å². The largest absolute Gasteiger partial charge is 0.508 e. The van der Waals surface area contributed by atoms with Crippen LogP contribution in [-0.2, 0) is 6.54 Å². The van der Waals surface area contributed by atoms with Gasteiger partial charge in [-0.15, -0.1) is 0 Å². The number of phenolic OH excluding ortho intramolecular Hbond substituents is 1. The summed E-state index contributed by atoms with van der Waals surface area (Å²) in [5, 5.41) is 12.5. The van der Waals surface area contributed by atoms with Crippen molar-refractivity contribution in [3.63, 3.8) is 0 Å². The van der Waals surface area contributed by atoms with E-state index in [2.05, 4.69) is 12.2 Å². The minimum atomic E-state index is -0.383. The summed E-state index contributed by atoms with van der Waals surface area (Å²) in [6.45, 7) is 3.84. The predicted molar refractivity (Wildman–Crippen MR) is 57.0 cm³/mol. The molecule has 0 amide bonds. The molecule has 1 aromatic carbocycles. The third-order valence-electron chi connectivity index (χ3n) is 2.95. The van der Waals surface area contributed by atoms with Crippen molar-refractivity contribution in [3.05, 3.63) is 29.6 Å². The zero-order valence-corrected chi connectivity index (χ0v) is 8.83. The Balaban J connectivity index is 1.82. The van der Waals surface area contributed by atoms with Gasteiger partial charge in [0.15, 0.2) is 0 Å². The Morgan fingerprint density at radius 1 is 1.47 bits per heavy atom. The molecule has 0 heterocycles.